The largest absolute Gasteiger partial charge is 0.422 e. The fraction of sp³-hybridized carbons (Fsp3) is 0.0385. The van der Waals surface area contributed by atoms with Crippen LogP contribution < -0.4 is 10.2 Å². The number of nitrogens with zero attached hydrogens (tertiary/aromatic N) is 1. The molecule has 164 valence electrons. The van der Waals surface area contributed by atoms with E-state index in [1.54, 1.807) is 30.3 Å². The third-order valence-electron chi connectivity index (χ3n) is 4.92. The van der Waals surface area contributed by atoms with Crippen LogP contribution in [-0.4, -0.2) is 18.1 Å². The van der Waals surface area contributed by atoms with Crippen LogP contribution in [0.2, 0.25) is 10.0 Å². The summed E-state index contributed by atoms with van der Waals surface area (Å²) in [5, 5.41) is 6.44. The number of esters is 1. The second-order valence-corrected chi connectivity index (χ2v) is 8.12. The summed E-state index contributed by atoms with van der Waals surface area (Å²) >= 11 is 12.1. The molecule has 4 aromatic carbocycles. The van der Waals surface area contributed by atoms with Crippen molar-refractivity contribution in [2.75, 3.05) is 0 Å². The maximum absolute atomic E-state index is 12.8. The normalized spacial score (nSPS) is 11.0. The number of hydrazone groups is 1. The fourth-order valence-electron chi connectivity index (χ4n) is 3.31. The van der Waals surface area contributed by atoms with E-state index in [9.17, 15) is 9.59 Å². The van der Waals surface area contributed by atoms with Crippen LogP contribution in [0.3, 0.4) is 0 Å². The highest BCUT2D eigenvalue weighted by molar-refractivity contribution is 6.36. The average Bonchev–Trinajstić information content (AvgIpc) is 2.80. The summed E-state index contributed by atoms with van der Waals surface area (Å²) in [5.41, 5.74) is 4.71. The molecule has 0 atom stereocenters. The predicted molar refractivity (Wildman–Crippen MR) is 132 cm³/mol. The first kappa shape index (κ1) is 22.5. The summed E-state index contributed by atoms with van der Waals surface area (Å²) in [5.74, 6) is -0.703. The van der Waals surface area contributed by atoms with Gasteiger partial charge in [-0.05, 0) is 54.1 Å². The molecule has 0 aliphatic carbocycles. The summed E-state index contributed by atoms with van der Waals surface area (Å²) in [6, 6.07) is 22.8. The summed E-state index contributed by atoms with van der Waals surface area (Å²) in [7, 11) is 0. The van der Waals surface area contributed by atoms with Gasteiger partial charge >= 0.3 is 5.97 Å². The Morgan fingerprint density at radius 1 is 0.939 bits per heavy atom. The Balaban J connectivity index is 1.64. The van der Waals surface area contributed by atoms with E-state index in [0.717, 1.165) is 16.3 Å². The topological polar surface area (TPSA) is 67.8 Å². The molecule has 5 nitrogen and oxygen atoms in total. The first-order chi connectivity index (χ1) is 15.9. The number of amides is 1. The zero-order valence-corrected chi connectivity index (χ0v) is 19.0. The predicted octanol–water partition coefficient (Wildman–Crippen LogP) is 6.44. The van der Waals surface area contributed by atoms with Crippen LogP contribution in [-0.2, 0) is 0 Å². The van der Waals surface area contributed by atoms with Crippen molar-refractivity contribution in [3.8, 4) is 5.75 Å². The van der Waals surface area contributed by atoms with Crippen molar-refractivity contribution >= 4 is 52.1 Å². The highest BCUT2D eigenvalue weighted by Crippen LogP contribution is 2.29. The Bertz CT molecular complexity index is 1400. The molecule has 0 aliphatic rings. The molecule has 33 heavy (non-hydrogen) atoms. The first-order valence-electron chi connectivity index (χ1n) is 10.0. The molecule has 0 aliphatic heterocycles. The molecule has 0 aromatic heterocycles. The highest BCUT2D eigenvalue weighted by Gasteiger charge is 2.16. The molecular formula is C26H18Cl2N2O3. The van der Waals surface area contributed by atoms with E-state index in [1.807, 2.05) is 43.3 Å². The molecule has 0 bridgehead atoms. The highest BCUT2D eigenvalue weighted by atomic mass is 35.5. The minimum atomic E-state index is -0.634. The van der Waals surface area contributed by atoms with E-state index in [-0.39, 0.29) is 22.2 Å². The Kier molecular flexibility index (Phi) is 6.73. The van der Waals surface area contributed by atoms with E-state index in [2.05, 4.69) is 10.5 Å². The molecule has 0 saturated carbocycles. The lowest BCUT2D eigenvalue weighted by atomic mass is 10.0. The molecule has 4 aromatic rings. The number of benzene rings is 4. The SMILES string of the molecule is Cc1cccc(C(=O)NN=Cc2c(OC(=O)c3ccc(Cl)cc3Cl)ccc3ccccc23)c1. The van der Waals surface area contributed by atoms with Crippen molar-refractivity contribution in [2.24, 2.45) is 5.10 Å². The van der Waals surface area contributed by atoms with Gasteiger partial charge in [-0.15, -0.1) is 0 Å². The number of hydrogen-bond acceptors (Lipinski definition) is 4. The molecule has 0 spiro atoms. The van der Waals surface area contributed by atoms with E-state index in [4.69, 9.17) is 27.9 Å². The van der Waals surface area contributed by atoms with E-state index >= 15 is 0 Å². The maximum Gasteiger partial charge on any atom is 0.345 e. The maximum atomic E-state index is 12.8. The van der Waals surface area contributed by atoms with Crippen LogP contribution in [0, 0.1) is 6.92 Å². The van der Waals surface area contributed by atoms with Crippen LogP contribution in [0.4, 0.5) is 0 Å². The van der Waals surface area contributed by atoms with Gasteiger partial charge in [0.2, 0.25) is 0 Å². The molecule has 1 amide bonds. The number of aryl methyl sites for hydroxylation is 1. The van der Waals surface area contributed by atoms with Gasteiger partial charge in [0.25, 0.3) is 5.91 Å². The Morgan fingerprint density at radius 2 is 1.76 bits per heavy atom. The number of hydrogen-bond donors (Lipinski definition) is 1. The standard InChI is InChI=1S/C26H18Cl2N2O3/c1-16-5-4-7-18(13-16)25(31)30-29-15-22-20-8-3-2-6-17(20)9-12-24(22)33-26(32)21-11-10-19(27)14-23(21)28/h2-15H,1H3,(H,30,31). The molecule has 1 N–H and O–H groups in total. The average molecular weight is 477 g/mol. The van der Waals surface area contributed by atoms with Crippen molar-refractivity contribution in [2.45, 2.75) is 6.92 Å². The number of ether oxygens (including phenoxy) is 1. The van der Waals surface area contributed by atoms with Gasteiger partial charge in [-0.3, -0.25) is 4.79 Å². The van der Waals surface area contributed by atoms with Crippen molar-refractivity contribution in [1.82, 2.24) is 5.43 Å². The number of rotatable bonds is 5. The molecule has 7 heteroatoms. The smallest absolute Gasteiger partial charge is 0.345 e. The first-order valence-corrected chi connectivity index (χ1v) is 10.8. The van der Waals surface area contributed by atoms with E-state index in [1.165, 1.54) is 18.3 Å². The summed E-state index contributed by atoms with van der Waals surface area (Å²) in [4.78, 5) is 25.2. The Morgan fingerprint density at radius 3 is 2.55 bits per heavy atom. The van der Waals surface area contributed by atoms with Crippen LogP contribution >= 0.6 is 23.2 Å². The van der Waals surface area contributed by atoms with Crippen LogP contribution in [0.1, 0.15) is 31.8 Å². The monoisotopic (exact) mass is 476 g/mol. The third-order valence-corrected chi connectivity index (χ3v) is 5.47. The summed E-state index contributed by atoms with van der Waals surface area (Å²) in [6.07, 6.45) is 1.46. The molecule has 0 unspecified atom stereocenters. The van der Waals surface area contributed by atoms with E-state index in [0.29, 0.717) is 16.1 Å². The van der Waals surface area contributed by atoms with Crippen LogP contribution in [0.25, 0.3) is 10.8 Å². The molecule has 0 saturated heterocycles. The molecule has 0 heterocycles. The van der Waals surface area contributed by atoms with E-state index < -0.39 is 5.97 Å². The van der Waals surface area contributed by atoms with Gasteiger partial charge in [0, 0.05) is 16.1 Å². The second kappa shape index (κ2) is 9.86. The minimum Gasteiger partial charge on any atom is -0.422 e. The van der Waals surface area contributed by atoms with Crippen LogP contribution in [0.15, 0.2) is 84.0 Å². The lowest BCUT2D eigenvalue weighted by Crippen LogP contribution is -2.18. The lowest BCUT2D eigenvalue weighted by molar-refractivity contribution is 0.0734. The van der Waals surface area contributed by atoms with Gasteiger partial charge in [0.05, 0.1) is 16.8 Å². The van der Waals surface area contributed by atoms with Gasteiger partial charge in [0.15, 0.2) is 0 Å². The molecule has 0 radical (unpaired) electrons. The van der Waals surface area contributed by atoms with Crippen LogP contribution in [0.5, 0.6) is 5.75 Å². The van der Waals surface area contributed by atoms with Gasteiger partial charge in [0.1, 0.15) is 5.75 Å². The van der Waals surface area contributed by atoms with Crippen molar-refractivity contribution in [1.29, 1.82) is 0 Å². The number of fused-ring (bicyclic) bond motifs is 1. The number of nitrogens with one attached hydrogen (secondary N) is 1. The Labute approximate surface area is 200 Å². The fourth-order valence-corrected chi connectivity index (χ4v) is 3.80. The molecule has 0 fully saturated rings. The summed E-state index contributed by atoms with van der Waals surface area (Å²) < 4.78 is 5.65. The van der Waals surface area contributed by atoms with Gasteiger partial charge < -0.3 is 4.74 Å². The van der Waals surface area contributed by atoms with Crippen molar-refractivity contribution in [3.63, 3.8) is 0 Å². The summed E-state index contributed by atoms with van der Waals surface area (Å²) in [6.45, 7) is 1.91. The minimum absolute atomic E-state index is 0.185. The Hall–Kier alpha value is -3.67. The molecular weight excluding hydrogens is 459 g/mol. The van der Waals surface area contributed by atoms with Gasteiger partial charge in [-0.1, -0.05) is 71.2 Å². The van der Waals surface area contributed by atoms with Gasteiger partial charge in [-0.2, -0.15) is 5.10 Å². The quantitative estimate of drug-likeness (QED) is 0.156. The lowest BCUT2D eigenvalue weighted by Gasteiger charge is -2.11. The third kappa shape index (κ3) is 5.22. The van der Waals surface area contributed by atoms with Crippen molar-refractivity contribution < 1.29 is 14.3 Å². The number of carbonyl (C=O) groups is 2. The van der Waals surface area contributed by atoms with Gasteiger partial charge in [-0.25, -0.2) is 10.2 Å². The number of halogens is 2. The van der Waals surface area contributed by atoms with Crippen molar-refractivity contribution in [3.05, 3.63) is 111 Å². The zero-order valence-electron chi connectivity index (χ0n) is 17.5. The zero-order chi connectivity index (χ0) is 23.4. The second-order valence-electron chi connectivity index (χ2n) is 7.28. The molecule has 4 rings (SSSR count). The number of carbonyl (C=O) groups excluding carboxylic acids is 2.